The molecule has 0 aliphatic carbocycles. The normalized spacial score (nSPS) is 13.9. The highest BCUT2D eigenvalue weighted by Crippen LogP contribution is 2.33. The summed E-state index contributed by atoms with van der Waals surface area (Å²) in [5.41, 5.74) is 4.66. The smallest absolute Gasteiger partial charge is 0.240 e. The summed E-state index contributed by atoms with van der Waals surface area (Å²) in [4.78, 5) is 2.74. The molecule has 1 aliphatic heterocycles. The van der Waals surface area contributed by atoms with Crippen LogP contribution in [0.4, 0.5) is 0 Å². The van der Waals surface area contributed by atoms with Gasteiger partial charge >= 0.3 is 0 Å². The van der Waals surface area contributed by atoms with Crippen LogP contribution in [0.3, 0.4) is 0 Å². The van der Waals surface area contributed by atoms with E-state index in [0.29, 0.717) is 11.4 Å². The number of hydrogen-bond acceptors (Lipinski definition) is 5. The fourth-order valence-corrected chi connectivity index (χ4v) is 4.92. The zero-order chi connectivity index (χ0) is 21.7. The number of fused-ring (bicyclic) bond motifs is 1. The van der Waals surface area contributed by atoms with Gasteiger partial charge in [-0.25, -0.2) is 13.1 Å². The highest BCUT2D eigenvalue weighted by atomic mass is 35.5. The molecule has 0 saturated carbocycles. The average Bonchev–Trinajstić information content (AvgIpc) is 2.74. The zero-order valence-electron chi connectivity index (χ0n) is 18.7. The Balaban J connectivity index is 0.00000341. The van der Waals surface area contributed by atoms with E-state index in [1.807, 2.05) is 19.9 Å². The van der Waals surface area contributed by atoms with Gasteiger partial charge in [0.1, 0.15) is 0 Å². The van der Waals surface area contributed by atoms with Crippen LogP contribution in [-0.2, 0) is 23.0 Å². The molecule has 2 aromatic rings. The molecule has 0 saturated heterocycles. The van der Waals surface area contributed by atoms with Gasteiger partial charge in [0.05, 0.1) is 19.1 Å². The van der Waals surface area contributed by atoms with E-state index >= 15 is 0 Å². The highest BCUT2D eigenvalue weighted by molar-refractivity contribution is 7.89. The highest BCUT2D eigenvalue weighted by Gasteiger charge is 2.19. The van der Waals surface area contributed by atoms with Gasteiger partial charge in [-0.2, -0.15) is 0 Å². The summed E-state index contributed by atoms with van der Waals surface area (Å²) in [6.07, 6.45) is 2.73. The standard InChI is InChI=1S/C23H32N2O4S.ClH/c1-17-7-8-21(13-18(17)2)30(26,27)24-10-5-6-11-25-12-9-19-14-22(28-3)23(29-4)15-20(19)16-25;/h7-8,13-15,24H,5-6,9-12,16H2,1-4H3;1H. The van der Waals surface area contributed by atoms with Gasteiger partial charge in [0.15, 0.2) is 11.5 Å². The molecule has 0 bridgehead atoms. The van der Waals surface area contributed by atoms with Crippen molar-refractivity contribution >= 4 is 22.4 Å². The van der Waals surface area contributed by atoms with Crippen molar-refractivity contribution in [2.45, 2.75) is 44.6 Å². The van der Waals surface area contributed by atoms with Crippen LogP contribution in [-0.4, -0.2) is 47.2 Å². The molecule has 31 heavy (non-hydrogen) atoms. The number of rotatable bonds is 9. The lowest BCUT2D eigenvalue weighted by molar-refractivity contribution is 0.248. The van der Waals surface area contributed by atoms with Crippen molar-refractivity contribution < 1.29 is 17.9 Å². The third kappa shape index (κ3) is 6.35. The first-order valence-electron chi connectivity index (χ1n) is 10.4. The number of hydrogen-bond donors (Lipinski definition) is 1. The Kier molecular flexibility index (Phi) is 9.18. The number of nitrogens with zero attached hydrogens (tertiary/aromatic N) is 1. The van der Waals surface area contributed by atoms with E-state index in [0.717, 1.165) is 61.5 Å². The van der Waals surface area contributed by atoms with Gasteiger partial charge in [0, 0.05) is 19.6 Å². The van der Waals surface area contributed by atoms with Gasteiger partial charge in [-0.15, -0.1) is 12.4 Å². The van der Waals surface area contributed by atoms with Crippen molar-refractivity contribution in [3.05, 3.63) is 52.6 Å². The second kappa shape index (κ2) is 11.2. The second-order valence-electron chi connectivity index (χ2n) is 7.85. The predicted octanol–water partition coefficient (Wildman–Crippen LogP) is 3.86. The van der Waals surface area contributed by atoms with E-state index in [4.69, 9.17) is 9.47 Å². The number of aryl methyl sites for hydroxylation is 2. The molecule has 1 heterocycles. The average molecular weight is 469 g/mol. The van der Waals surface area contributed by atoms with Gasteiger partial charge < -0.3 is 9.47 Å². The lowest BCUT2D eigenvalue weighted by Gasteiger charge is -2.29. The van der Waals surface area contributed by atoms with E-state index in [1.54, 1.807) is 26.4 Å². The number of ether oxygens (including phenoxy) is 2. The fraction of sp³-hybridized carbons (Fsp3) is 0.478. The second-order valence-corrected chi connectivity index (χ2v) is 9.62. The van der Waals surface area contributed by atoms with Crippen molar-refractivity contribution in [2.75, 3.05) is 33.9 Å². The van der Waals surface area contributed by atoms with Crippen molar-refractivity contribution in [3.63, 3.8) is 0 Å². The lowest BCUT2D eigenvalue weighted by Crippen LogP contribution is -2.32. The summed E-state index contributed by atoms with van der Waals surface area (Å²) in [5.74, 6) is 1.54. The molecule has 0 fully saturated rings. The number of halogens is 1. The monoisotopic (exact) mass is 468 g/mol. The quantitative estimate of drug-likeness (QED) is 0.566. The molecule has 0 radical (unpaired) electrons. The Morgan fingerprint density at radius 1 is 0.968 bits per heavy atom. The van der Waals surface area contributed by atoms with Crippen LogP contribution in [0.5, 0.6) is 11.5 Å². The van der Waals surface area contributed by atoms with E-state index in [1.165, 1.54) is 11.1 Å². The van der Waals surface area contributed by atoms with Crippen LogP contribution in [0.2, 0.25) is 0 Å². The zero-order valence-corrected chi connectivity index (χ0v) is 20.4. The molecule has 6 nitrogen and oxygen atoms in total. The fourth-order valence-electron chi connectivity index (χ4n) is 3.76. The van der Waals surface area contributed by atoms with Crippen molar-refractivity contribution in [2.24, 2.45) is 0 Å². The first-order chi connectivity index (χ1) is 14.3. The van der Waals surface area contributed by atoms with Crippen LogP contribution in [0.1, 0.15) is 35.1 Å². The van der Waals surface area contributed by atoms with Gasteiger partial charge in [0.2, 0.25) is 10.0 Å². The van der Waals surface area contributed by atoms with Crippen LogP contribution in [0, 0.1) is 13.8 Å². The third-order valence-electron chi connectivity index (χ3n) is 5.78. The van der Waals surface area contributed by atoms with Crippen LogP contribution in [0.25, 0.3) is 0 Å². The molecule has 0 atom stereocenters. The maximum Gasteiger partial charge on any atom is 0.240 e. The Bertz CT molecular complexity index is 995. The molecule has 0 aromatic heterocycles. The summed E-state index contributed by atoms with van der Waals surface area (Å²) in [6.45, 7) is 7.17. The van der Waals surface area contributed by atoms with Crippen molar-refractivity contribution in [3.8, 4) is 11.5 Å². The van der Waals surface area contributed by atoms with Gasteiger partial charge in [-0.1, -0.05) is 6.07 Å². The maximum atomic E-state index is 12.5. The molecule has 2 aromatic carbocycles. The summed E-state index contributed by atoms with van der Waals surface area (Å²) < 4.78 is 38.5. The summed E-state index contributed by atoms with van der Waals surface area (Å²) in [5, 5.41) is 0. The Morgan fingerprint density at radius 3 is 2.29 bits per heavy atom. The van der Waals surface area contributed by atoms with Crippen LogP contribution in [0.15, 0.2) is 35.2 Å². The molecule has 3 rings (SSSR count). The third-order valence-corrected chi connectivity index (χ3v) is 7.24. The van der Waals surface area contributed by atoms with Crippen molar-refractivity contribution in [1.29, 1.82) is 0 Å². The molecule has 0 spiro atoms. The molecular weight excluding hydrogens is 436 g/mol. The number of benzene rings is 2. The molecule has 1 aliphatic rings. The molecular formula is C23H33ClN2O4S. The predicted molar refractivity (Wildman–Crippen MR) is 126 cm³/mol. The van der Waals surface area contributed by atoms with Gasteiger partial charge in [-0.05, 0) is 86.2 Å². The van der Waals surface area contributed by atoms with Gasteiger partial charge in [-0.3, -0.25) is 4.90 Å². The molecule has 0 unspecified atom stereocenters. The summed E-state index contributed by atoms with van der Waals surface area (Å²) in [6, 6.07) is 9.39. The van der Waals surface area contributed by atoms with E-state index in [9.17, 15) is 8.42 Å². The minimum Gasteiger partial charge on any atom is -0.493 e. The lowest BCUT2D eigenvalue weighted by atomic mass is 9.98. The topological polar surface area (TPSA) is 67.9 Å². The van der Waals surface area contributed by atoms with Gasteiger partial charge in [0.25, 0.3) is 0 Å². The Labute approximate surface area is 192 Å². The minimum atomic E-state index is -3.45. The summed E-state index contributed by atoms with van der Waals surface area (Å²) in [7, 11) is -0.132. The van der Waals surface area contributed by atoms with Crippen LogP contribution >= 0.6 is 12.4 Å². The maximum absolute atomic E-state index is 12.5. The van der Waals surface area contributed by atoms with E-state index in [2.05, 4.69) is 21.8 Å². The Hall–Kier alpha value is -1.80. The molecule has 172 valence electrons. The number of nitrogens with one attached hydrogen (secondary N) is 1. The number of unbranched alkanes of at least 4 members (excludes halogenated alkanes) is 1. The SMILES string of the molecule is COc1cc2c(cc1OC)CN(CCCCNS(=O)(=O)c1ccc(C)c(C)c1)CC2.Cl. The van der Waals surface area contributed by atoms with E-state index in [-0.39, 0.29) is 12.4 Å². The molecule has 8 heteroatoms. The largest absolute Gasteiger partial charge is 0.493 e. The number of sulfonamides is 1. The first kappa shape index (κ1) is 25.5. The van der Waals surface area contributed by atoms with Crippen LogP contribution < -0.4 is 14.2 Å². The summed E-state index contributed by atoms with van der Waals surface area (Å²) >= 11 is 0. The van der Waals surface area contributed by atoms with Crippen molar-refractivity contribution in [1.82, 2.24) is 9.62 Å². The molecule has 1 N–H and O–H groups in total. The first-order valence-corrected chi connectivity index (χ1v) is 11.9. The Morgan fingerprint density at radius 2 is 1.65 bits per heavy atom. The van der Waals surface area contributed by atoms with E-state index < -0.39 is 10.0 Å². The minimum absolute atomic E-state index is 0. The molecule has 0 amide bonds. The number of methoxy groups -OCH3 is 2.